The molecule has 1 heterocycles. The summed E-state index contributed by atoms with van der Waals surface area (Å²) in [7, 11) is 0. The minimum atomic E-state index is 0.801. The lowest BCUT2D eigenvalue weighted by Crippen LogP contribution is -2.10. The number of hydrogen-bond acceptors (Lipinski definition) is 1. The average Bonchev–Trinajstić information content (AvgIpc) is 2.56. The Hall–Kier alpha value is -0.790. The molecule has 2 heteroatoms. The fourth-order valence-corrected chi connectivity index (χ4v) is 1.51. The van der Waals surface area contributed by atoms with Gasteiger partial charge in [-0.15, -0.1) is 0 Å². The summed E-state index contributed by atoms with van der Waals surface area (Å²) < 4.78 is 2.03. The first-order valence-electron chi connectivity index (χ1n) is 4.84. The van der Waals surface area contributed by atoms with E-state index in [0.29, 0.717) is 0 Å². The SMILES string of the molecule is CCCC(CC)Cn1cccn1. The molecule has 0 bridgehead atoms. The molecule has 1 atom stereocenters. The monoisotopic (exact) mass is 166 g/mol. The summed E-state index contributed by atoms with van der Waals surface area (Å²) in [6, 6.07) is 1.98. The van der Waals surface area contributed by atoms with Crippen LogP contribution in [0.1, 0.15) is 33.1 Å². The van der Waals surface area contributed by atoms with Gasteiger partial charge in [0.15, 0.2) is 0 Å². The molecule has 0 aliphatic rings. The molecule has 68 valence electrons. The van der Waals surface area contributed by atoms with Gasteiger partial charge in [0.25, 0.3) is 0 Å². The van der Waals surface area contributed by atoms with Crippen LogP contribution in [0, 0.1) is 5.92 Å². The van der Waals surface area contributed by atoms with Gasteiger partial charge in [-0.25, -0.2) is 0 Å². The maximum absolute atomic E-state index is 4.20. The highest BCUT2D eigenvalue weighted by molar-refractivity contribution is 4.78. The third-order valence-electron chi connectivity index (χ3n) is 2.28. The van der Waals surface area contributed by atoms with Gasteiger partial charge < -0.3 is 0 Å². The van der Waals surface area contributed by atoms with Crippen molar-refractivity contribution in [3.63, 3.8) is 0 Å². The van der Waals surface area contributed by atoms with Gasteiger partial charge in [0, 0.05) is 18.9 Å². The van der Waals surface area contributed by atoms with Crippen molar-refractivity contribution in [2.45, 2.75) is 39.7 Å². The molecule has 0 aliphatic carbocycles. The van der Waals surface area contributed by atoms with E-state index in [9.17, 15) is 0 Å². The minimum absolute atomic E-state index is 0.801. The lowest BCUT2D eigenvalue weighted by Gasteiger charge is -2.12. The van der Waals surface area contributed by atoms with Crippen molar-refractivity contribution in [3.8, 4) is 0 Å². The molecule has 0 saturated heterocycles. The summed E-state index contributed by atoms with van der Waals surface area (Å²) in [6.45, 7) is 5.58. The van der Waals surface area contributed by atoms with Crippen LogP contribution in [0.2, 0.25) is 0 Å². The molecular formula is C10H18N2. The van der Waals surface area contributed by atoms with E-state index in [2.05, 4.69) is 18.9 Å². The Bertz CT molecular complexity index is 192. The zero-order valence-corrected chi connectivity index (χ0v) is 8.03. The normalized spacial score (nSPS) is 13.2. The standard InChI is InChI=1S/C10H18N2/c1-3-6-10(4-2)9-12-8-5-7-11-12/h5,7-8,10H,3-4,6,9H2,1-2H3. The zero-order chi connectivity index (χ0) is 8.81. The van der Waals surface area contributed by atoms with Crippen LogP contribution in [-0.4, -0.2) is 9.78 Å². The second-order valence-corrected chi connectivity index (χ2v) is 3.29. The molecule has 1 aromatic rings. The van der Waals surface area contributed by atoms with Crippen molar-refractivity contribution in [2.24, 2.45) is 5.92 Å². The maximum Gasteiger partial charge on any atom is 0.0489 e. The topological polar surface area (TPSA) is 17.8 Å². The van der Waals surface area contributed by atoms with Crippen molar-refractivity contribution >= 4 is 0 Å². The third kappa shape index (κ3) is 2.68. The lowest BCUT2D eigenvalue weighted by atomic mass is 10.0. The van der Waals surface area contributed by atoms with Gasteiger partial charge in [-0.05, 0) is 18.4 Å². The Morgan fingerprint density at radius 3 is 2.75 bits per heavy atom. The van der Waals surface area contributed by atoms with Crippen molar-refractivity contribution in [1.82, 2.24) is 9.78 Å². The molecule has 0 aliphatic heterocycles. The molecule has 0 amide bonds. The Kier molecular flexibility index (Phi) is 3.85. The van der Waals surface area contributed by atoms with Gasteiger partial charge in [-0.2, -0.15) is 5.10 Å². The summed E-state index contributed by atoms with van der Waals surface area (Å²) in [5.74, 6) is 0.801. The molecule has 0 spiro atoms. The van der Waals surface area contributed by atoms with Gasteiger partial charge >= 0.3 is 0 Å². The zero-order valence-electron chi connectivity index (χ0n) is 8.03. The Labute approximate surface area is 74.6 Å². The van der Waals surface area contributed by atoms with E-state index in [0.717, 1.165) is 12.5 Å². The molecule has 0 N–H and O–H groups in total. The summed E-state index contributed by atoms with van der Waals surface area (Å²) in [5.41, 5.74) is 0. The van der Waals surface area contributed by atoms with Crippen LogP contribution in [0.5, 0.6) is 0 Å². The molecule has 1 rings (SSSR count). The first kappa shape index (κ1) is 9.30. The first-order chi connectivity index (χ1) is 5.86. The molecule has 1 aromatic heterocycles. The third-order valence-corrected chi connectivity index (χ3v) is 2.28. The van der Waals surface area contributed by atoms with Crippen LogP contribution in [0.25, 0.3) is 0 Å². The minimum Gasteiger partial charge on any atom is -0.272 e. The first-order valence-corrected chi connectivity index (χ1v) is 4.84. The van der Waals surface area contributed by atoms with Crippen LogP contribution >= 0.6 is 0 Å². The molecule has 12 heavy (non-hydrogen) atoms. The Balaban J connectivity index is 2.37. The van der Waals surface area contributed by atoms with E-state index < -0.39 is 0 Å². The molecule has 1 unspecified atom stereocenters. The number of aromatic nitrogens is 2. The van der Waals surface area contributed by atoms with Crippen LogP contribution in [0.15, 0.2) is 18.5 Å². The smallest absolute Gasteiger partial charge is 0.0489 e. The van der Waals surface area contributed by atoms with Crippen LogP contribution in [0.4, 0.5) is 0 Å². The van der Waals surface area contributed by atoms with Gasteiger partial charge in [-0.1, -0.05) is 26.7 Å². The quantitative estimate of drug-likeness (QED) is 0.657. The summed E-state index contributed by atoms with van der Waals surface area (Å²) >= 11 is 0. The van der Waals surface area contributed by atoms with E-state index in [4.69, 9.17) is 0 Å². The summed E-state index contributed by atoms with van der Waals surface area (Å²) in [4.78, 5) is 0. The van der Waals surface area contributed by atoms with Gasteiger partial charge in [0.05, 0.1) is 0 Å². The van der Waals surface area contributed by atoms with Crippen LogP contribution < -0.4 is 0 Å². The highest BCUT2D eigenvalue weighted by Crippen LogP contribution is 2.12. The fraction of sp³-hybridized carbons (Fsp3) is 0.700. The molecule has 0 saturated carbocycles. The number of hydrogen-bond donors (Lipinski definition) is 0. The van der Waals surface area contributed by atoms with E-state index in [1.54, 1.807) is 0 Å². The second-order valence-electron chi connectivity index (χ2n) is 3.29. The van der Waals surface area contributed by atoms with Crippen molar-refractivity contribution in [1.29, 1.82) is 0 Å². The highest BCUT2D eigenvalue weighted by Gasteiger charge is 2.05. The molecule has 0 fully saturated rings. The van der Waals surface area contributed by atoms with Crippen molar-refractivity contribution in [2.75, 3.05) is 0 Å². The van der Waals surface area contributed by atoms with Crippen molar-refractivity contribution in [3.05, 3.63) is 18.5 Å². The summed E-state index contributed by atoms with van der Waals surface area (Å²) in [5, 5.41) is 4.20. The van der Waals surface area contributed by atoms with Crippen LogP contribution in [0.3, 0.4) is 0 Å². The highest BCUT2D eigenvalue weighted by atomic mass is 15.3. The Morgan fingerprint density at radius 1 is 1.42 bits per heavy atom. The van der Waals surface area contributed by atoms with E-state index in [1.165, 1.54) is 19.3 Å². The van der Waals surface area contributed by atoms with Gasteiger partial charge in [0.1, 0.15) is 0 Å². The maximum atomic E-state index is 4.20. The number of rotatable bonds is 5. The molecule has 2 nitrogen and oxygen atoms in total. The number of nitrogens with zero attached hydrogens (tertiary/aromatic N) is 2. The second kappa shape index (κ2) is 4.96. The van der Waals surface area contributed by atoms with E-state index in [-0.39, 0.29) is 0 Å². The average molecular weight is 166 g/mol. The van der Waals surface area contributed by atoms with E-state index in [1.807, 2.05) is 23.1 Å². The van der Waals surface area contributed by atoms with Gasteiger partial charge in [0.2, 0.25) is 0 Å². The predicted octanol–water partition coefficient (Wildman–Crippen LogP) is 2.71. The van der Waals surface area contributed by atoms with E-state index >= 15 is 0 Å². The van der Waals surface area contributed by atoms with Crippen molar-refractivity contribution < 1.29 is 0 Å². The fourth-order valence-electron chi connectivity index (χ4n) is 1.51. The van der Waals surface area contributed by atoms with Gasteiger partial charge in [-0.3, -0.25) is 4.68 Å². The lowest BCUT2D eigenvalue weighted by molar-refractivity contribution is 0.379. The Morgan fingerprint density at radius 2 is 2.25 bits per heavy atom. The summed E-state index contributed by atoms with van der Waals surface area (Å²) in [6.07, 6.45) is 7.74. The van der Waals surface area contributed by atoms with Crippen LogP contribution in [-0.2, 0) is 6.54 Å². The largest absolute Gasteiger partial charge is 0.272 e. The molecular weight excluding hydrogens is 148 g/mol. The molecule has 0 aromatic carbocycles. The molecule has 0 radical (unpaired) electrons. The predicted molar refractivity (Wildman–Crippen MR) is 50.9 cm³/mol.